The van der Waals surface area contributed by atoms with Gasteiger partial charge in [-0.1, -0.05) is 93.6 Å². The van der Waals surface area contributed by atoms with Crippen molar-refractivity contribution >= 4 is 29.0 Å². The number of halogens is 1. The van der Waals surface area contributed by atoms with E-state index in [0.29, 0.717) is 17.8 Å². The van der Waals surface area contributed by atoms with Gasteiger partial charge < -0.3 is 15.5 Å². The van der Waals surface area contributed by atoms with Gasteiger partial charge in [0.15, 0.2) is 0 Å². The number of benzene rings is 5. The van der Waals surface area contributed by atoms with Crippen molar-refractivity contribution in [3.05, 3.63) is 150 Å². The molecule has 5 aromatic carbocycles. The minimum atomic E-state index is -0.335. The SMILES string of the molecule is CC(C)(C)c1ccc(-c2ccccc2C(=O)Nc2ccc(N3CCC(N(C(=O)NCc4ccccc4)c4ccc(F)cc4)CC3)cc2)cc1. The zero-order chi connectivity index (χ0) is 34.4. The van der Waals surface area contributed by atoms with Gasteiger partial charge in [-0.25, -0.2) is 9.18 Å². The number of nitrogens with one attached hydrogen (secondary N) is 2. The lowest BCUT2D eigenvalue weighted by Crippen LogP contribution is -2.51. The Morgan fingerprint density at radius 1 is 0.776 bits per heavy atom. The van der Waals surface area contributed by atoms with Gasteiger partial charge in [0.25, 0.3) is 5.91 Å². The zero-order valence-corrected chi connectivity index (χ0v) is 28.3. The van der Waals surface area contributed by atoms with Crippen molar-refractivity contribution in [2.45, 2.75) is 51.6 Å². The van der Waals surface area contributed by atoms with Crippen LogP contribution in [0.4, 0.5) is 26.2 Å². The molecule has 1 aliphatic heterocycles. The van der Waals surface area contributed by atoms with E-state index in [1.165, 1.54) is 17.7 Å². The first kappa shape index (κ1) is 33.5. The molecule has 1 saturated heterocycles. The van der Waals surface area contributed by atoms with Crippen LogP contribution >= 0.6 is 0 Å². The lowest BCUT2D eigenvalue weighted by atomic mass is 9.86. The van der Waals surface area contributed by atoms with Crippen molar-refractivity contribution < 1.29 is 14.0 Å². The van der Waals surface area contributed by atoms with Crippen molar-refractivity contribution in [3.63, 3.8) is 0 Å². The fourth-order valence-electron chi connectivity index (χ4n) is 6.37. The van der Waals surface area contributed by atoms with Crippen LogP contribution in [0.25, 0.3) is 11.1 Å². The van der Waals surface area contributed by atoms with Crippen molar-refractivity contribution in [3.8, 4) is 11.1 Å². The molecule has 1 fully saturated rings. The number of rotatable bonds is 8. The quantitative estimate of drug-likeness (QED) is 0.175. The molecule has 6 rings (SSSR count). The molecule has 6 nitrogen and oxygen atoms in total. The predicted octanol–water partition coefficient (Wildman–Crippen LogP) is 9.43. The molecule has 0 bridgehead atoms. The molecule has 3 amide bonds. The summed E-state index contributed by atoms with van der Waals surface area (Å²) in [5, 5.41) is 6.13. The van der Waals surface area contributed by atoms with Crippen LogP contribution in [-0.4, -0.2) is 31.1 Å². The third-order valence-electron chi connectivity index (χ3n) is 9.16. The topological polar surface area (TPSA) is 64.7 Å². The molecule has 250 valence electrons. The molecule has 49 heavy (non-hydrogen) atoms. The Balaban J connectivity index is 1.09. The van der Waals surface area contributed by atoms with Gasteiger partial charge in [0.2, 0.25) is 0 Å². The molecule has 0 spiro atoms. The molecule has 0 aromatic heterocycles. The summed E-state index contributed by atoms with van der Waals surface area (Å²) in [6.07, 6.45) is 1.50. The third kappa shape index (κ3) is 8.18. The number of nitrogens with zero attached hydrogens (tertiary/aromatic N) is 2. The number of piperidine rings is 1. The second-order valence-electron chi connectivity index (χ2n) is 13.6. The first-order chi connectivity index (χ1) is 23.7. The molecule has 0 atom stereocenters. The Hall–Kier alpha value is -5.43. The van der Waals surface area contributed by atoms with E-state index in [1.54, 1.807) is 17.0 Å². The second-order valence-corrected chi connectivity index (χ2v) is 13.6. The maximum absolute atomic E-state index is 13.8. The van der Waals surface area contributed by atoms with Gasteiger partial charge in [-0.05, 0) is 95.1 Å². The van der Waals surface area contributed by atoms with E-state index < -0.39 is 0 Å². The maximum atomic E-state index is 13.8. The molecule has 7 heteroatoms. The fourth-order valence-corrected chi connectivity index (χ4v) is 6.37. The highest BCUT2D eigenvalue weighted by Crippen LogP contribution is 2.30. The molecular weight excluding hydrogens is 611 g/mol. The molecule has 0 aliphatic carbocycles. The third-order valence-corrected chi connectivity index (χ3v) is 9.16. The summed E-state index contributed by atoms with van der Waals surface area (Å²) >= 11 is 0. The van der Waals surface area contributed by atoms with Crippen molar-refractivity contribution in [1.29, 1.82) is 0 Å². The Kier molecular flexibility index (Phi) is 10.1. The largest absolute Gasteiger partial charge is 0.371 e. The fraction of sp³-hybridized carbons (Fsp3) is 0.238. The van der Waals surface area contributed by atoms with E-state index in [9.17, 15) is 14.0 Å². The highest BCUT2D eigenvalue weighted by Gasteiger charge is 2.29. The highest BCUT2D eigenvalue weighted by atomic mass is 19.1. The standard InChI is InChI=1S/C42H43FN4O2/c1-42(2,3)32-15-13-31(14-16-32)38-11-7-8-12-39(38)40(48)45-34-19-23-35(24-20-34)46-27-25-37(26-28-46)47(36-21-17-33(43)18-22-36)41(49)44-29-30-9-5-4-6-10-30/h4-24,37H,25-29H2,1-3H3,(H,44,49)(H,45,48). The van der Waals surface area contributed by atoms with Crippen LogP contribution in [0, 0.1) is 5.82 Å². The Bertz CT molecular complexity index is 1860. The molecule has 1 heterocycles. The monoisotopic (exact) mass is 654 g/mol. The average molecular weight is 655 g/mol. The van der Waals surface area contributed by atoms with Crippen LogP contribution in [0.5, 0.6) is 0 Å². The van der Waals surface area contributed by atoms with Crippen LogP contribution in [0.3, 0.4) is 0 Å². The van der Waals surface area contributed by atoms with Crippen molar-refractivity contribution in [1.82, 2.24) is 5.32 Å². The normalized spacial score (nSPS) is 13.5. The van der Waals surface area contributed by atoms with Crippen molar-refractivity contribution in [2.75, 3.05) is 28.2 Å². The number of hydrogen-bond donors (Lipinski definition) is 2. The average Bonchev–Trinajstić information content (AvgIpc) is 3.12. The van der Waals surface area contributed by atoms with Gasteiger partial charge in [-0.15, -0.1) is 0 Å². The zero-order valence-electron chi connectivity index (χ0n) is 28.3. The summed E-state index contributed by atoms with van der Waals surface area (Å²) in [7, 11) is 0. The first-order valence-corrected chi connectivity index (χ1v) is 16.9. The summed E-state index contributed by atoms with van der Waals surface area (Å²) in [4.78, 5) is 31.0. The summed E-state index contributed by atoms with van der Waals surface area (Å²) in [5.74, 6) is -0.492. The predicted molar refractivity (Wildman–Crippen MR) is 198 cm³/mol. The Morgan fingerprint density at radius 2 is 1.41 bits per heavy atom. The number of carbonyl (C=O) groups is 2. The minimum Gasteiger partial charge on any atom is -0.371 e. The van der Waals surface area contributed by atoms with Crippen LogP contribution in [0.15, 0.2) is 127 Å². The number of anilines is 3. The Morgan fingerprint density at radius 3 is 2.06 bits per heavy atom. The molecule has 0 radical (unpaired) electrons. The molecule has 0 saturated carbocycles. The maximum Gasteiger partial charge on any atom is 0.322 e. The number of urea groups is 1. The van der Waals surface area contributed by atoms with Gasteiger partial charge in [-0.2, -0.15) is 0 Å². The molecular formula is C42H43FN4O2. The minimum absolute atomic E-state index is 0.0409. The van der Waals surface area contributed by atoms with E-state index in [-0.39, 0.29) is 29.2 Å². The lowest BCUT2D eigenvalue weighted by molar-refractivity contribution is 0.102. The summed E-state index contributed by atoms with van der Waals surface area (Å²) < 4.78 is 13.8. The summed E-state index contributed by atoms with van der Waals surface area (Å²) in [6.45, 7) is 8.48. The van der Waals surface area contributed by atoms with Crippen LogP contribution < -0.4 is 20.4 Å². The van der Waals surface area contributed by atoms with E-state index in [0.717, 1.165) is 54.0 Å². The number of amides is 3. The summed E-state index contributed by atoms with van der Waals surface area (Å²) in [5.41, 5.74) is 7.28. The Labute approximate surface area is 288 Å². The second kappa shape index (κ2) is 14.8. The lowest BCUT2D eigenvalue weighted by Gasteiger charge is -2.39. The van der Waals surface area contributed by atoms with Gasteiger partial charge in [0.1, 0.15) is 5.82 Å². The van der Waals surface area contributed by atoms with Gasteiger partial charge in [-0.3, -0.25) is 9.69 Å². The van der Waals surface area contributed by atoms with E-state index in [2.05, 4.69) is 60.6 Å². The molecule has 1 aliphatic rings. The van der Waals surface area contributed by atoms with E-state index in [4.69, 9.17) is 0 Å². The van der Waals surface area contributed by atoms with Gasteiger partial charge in [0.05, 0.1) is 0 Å². The van der Waals surface area contributed by atoms with Crippen LogP contribution in [0.1, 0.15) is 55.1 Å². The van der Waals surface area contributed by atoms with Crippen molar-refractivity contribution in [2.24, 2.45) is 0 Å². The number of hydrogen-bond acceptors (Lipinski definition) is 3. The highest BCUT2D eigenvalue weighted by molar-refractivity contribution is 6.08. The first-order valence-electron chi connectivity index (χ1n) is 16.9. The van der Waals surface area contributed by atoms with Gasteiger partial charge in [0, 0.05) is 48.3 Å². The summed E-state index contributed by atoms with van der Waals surface area (Å²) in [6, 6.07) is 39.7. The smallest absolute Gasteiger partial charge is 0.322 e. The molecule has 2 N–H and O–H groups in total. The van der Waals surface area contributed by atoms with Crippen LogP contribution in [0.2, 0.25) is 0 Å². The molecule has 0 unspecified atom stereocenters. The van der Waals surface area contributed by atoms with E-state index in [1.807, 2.05) is 78.9 Å². The van der Waals surface area contributed by atoms with Crippen LogP contribution in [-0.2, 0) is 12.0 Å². The van der Waals surface area contributed by atoms with Gasteiger partial charge >= 0.3 is 6.03 Å². The number of carbonyl (C=O) groups excluding carboxylic acids is 2. The van der Waals surface area contributed by atoms with E-state index >= 15 is 0 Å². The molecule has 5 aromatic rings.